The second-order valence-electron chi connectivity index (χ2n) is 7.24. The van der Waals surface area contributed by atoms with Crippen LogP contribution in [0.2, 0.25) is 5.02 Å². The molecular formula is C17H28ClNO. The van der Waals surface area contributed by atoms with Crippen molar-refractivity contribution in [2.75, 3.05) is 13.7 Å². The Morgan fingerprint density at radius 1 is 1.15 bits per heavy atom. The number of halogens is 1. The summed E-state index contributed by atoms with van der Waals surface area (Å²) in [6.45, 7) is 12.2. The molecule has 2 nitrogen and oxygen atoms in total. The maximum Gasteiger partial charge on any atom is 0.137 e. The topological polar surface area (TPSA) is 21.3 Å². The van der Waals surface area contributed by atoms with E-state index in [4.69, 9.17) is 16.3 Å². The van der Waals surface area contributed by atoms with Gasteiger partial charge in [0.1, 0.15) is 5.75 Å². The van der Waals surface area contributed by atoms with Gasteiger partial charge in [0.05, 0.1) is 12.1 Å². The lowest BCUT2D eigenvalue weighted by Crippen LogP contribution is -2.42. The number of ether oxygens (including phenoxy) is 1. The molecule has 0 heterocycles. The van der Waals surface area contributed by atoms with Gasteiger partial charge < -0.3 is 10.1 Å². The zero-order chi connectivity index (χ0) is 15.4. The first-order valence-corrected chi connectivity index (χ1v) is 7.58. The first-order chi connectivity index (χ1) is 9.13. The van der Waals surface area contributed by atoms with Crippen LogP contribution in [0.25, 0.3) is 0 Å². The zero-order valence-corrected chi connectivity index (χ0v) is 14.4. The van der Waals surface area contributed by atoms with Crippen LogP contribution < -0.4 is 10.1 Å². The number of benzene rings is 1. The smallest absolute Gasteiger partial charge is 0.137 e. The summed E-state index contributed by atoms with van der Waals surface area (Å²) < 4.78 is 5.18. The third-order valence-electron chi connectivity index (χ3n) is 3.40. The molecule has 0 atom stereocenters. The Morgan fingerprint density at radius 2 is 1.80 bits per heavy atom. The van der Waals surface area contributed by atoms with E-state index >= 15 is 0 Å². The lowest BCUT2D eigenvalue weighted by molar-refractivity contribution is 0.273. The highest BCUT2D eigenvalue weighted by Gasteiger charge is 2.20. The van der Waals surface area contributed by atoms with Gasteiger partial charge in [0.2, 0.25) is 0 Å². The van der Waals surface area contributed by atoms with Crippen LogP contribution in [0.3, 0.4) is 0 Å². The highest BCUT2D eigenvalue weighted by Crippen LogP contribution is 2.28. The van der Waals surface area contributed by atoms with Crippen molar-refractivity contribution >= 4 is 11.6 Å². The number of nitrogens with one attached hydrogen (secondary N) is 1. The fourth-order valence-electron chi connectivity index (χ4n) is 1.94. The molecule has 0 saturated carbocycles. The fraction of sp³-hybridized carbons (Fsp3) is 0.647. The standard InChI is InChI=1S/C17H28ClNO/c1-16(2,3)19-12-17(4,5)10-9-13-7-8-15(20-6)14(18)11-13/h7-8,11,19H,9-10,12H2,1-6H3. The predicted molar refractivity (Wildman–Crippen MR) is 87.9 cm³/mol. The minimum Gasteiger partial charge on any atom is -0.495 e. The van der Waals surface area contributed by atoms with E-state index in [1.807, 2.05) is 12.1 Å². The summed E-state index contributed by atoms with van der Waals surface area (Å²) in [6, 6.07) is 6.05. The van der Waals surface area contributed by atoms with Crippen molar-refractivity contribution < 1.29 is 4.74 Å². The van der Waals surface area contributed by atoms with Gasteiger partial charge >= 0.3 is 0 Å². The van der Waals surface area contributed by atoms with Crippen molar-refractivity contribution in [1.82, 2.24) is 5.32 Å². The molecule has 3 heteroatoms. The molecule has 0 aliphatic rings. The maximum atomic E-state index is 6.16. The molecule has 0 aliphatic heterocycles. The van der Waals surface area contributed by atoms with Crippen LogP contribution in [0.15, 0.2) is 18.2 Å². The second-order valence-corrected chi connectivity index (χ2v) is 7.64. The highest BCUT2D eigenvalue weighted by molar-refractivity contribution is 6.32. The van der Waals surface area contributed by atoms with E-state index in [9.17, 15) is 0 Å². The van der Waals surface area contributed by atoms with Gasteiger partial charge in [0.15, 0.2) is 0 Å². The summed E-state index contributed by atoms with van der Waals surface area (Å²) >= 11 is 6.16. The van der Waals surface area contributed by atoms with E-state index in [-0.39, 0.29) is 11.0 Å². The highest BCUT2D eigenvalue weighted by atomic mass is 35.5. The Kier molecular flexibility index (Phi) is 5.91. The lowest BCUT2D eigenvalue weighted by atomic mass is 9.85. The summed E-state index contributed by atoms with van der Waals surface area (Å²) in [5.74, 6) is 0.740. The number of rotatable bonds is 6. The summed E-state index contributed by atoms with van der Waals surface area (Å²) in [4.78, 5) is 0. The molecule has 0 fully saturated rings. The molecule has 0 aliphatic carbocycles. The minimum absolute atomic E-state index is 0.167. The minimum atomic E-state index is 0.167. The Bertz CT molecular complexity index is 435. The van der Waals surface area contributed by atoms with Crippen molar-refractivity contribution in [1.29, 1.82) is 0 Å². The fourth-order valence-corrected chi connectivity index (χ4v) is 2.22. The van der Waals surface area contributed by atoms with Crippen molar-refractivity contribution in [3.05, 3.63) is 28.8 Å². The van der Waals surface area contributed by atoms with Gasteiger partial charge in [-0.05, 0) is 56.7 Å². The Morgan fingerprint density at radius 3 is 2.30 bits per heavy atom. The van der Waals surface area contributed by atoms with Gasteiger partial charge in [-0.15, -0.1) is 0 Å². The molecule has 0 aromatic heterocycles. The number of aryl methyl sites for hydroxylation is 1. The normalized spacial score (nSPS) is 12.6. The summed E-state index contributed by atoms with van der Waals surface area (Å²) in [7, 11) is 1.64. The molecule has 0 unspecified atom stereocenters. The van der Waals surface area contributed by atoms with Crippen molar-refractivity contribution in [3.63, 3.8) is 0 Å². The van der Waals surface area contributed by atoms with Gasteiger partial charge in [-0.3, -0.25) is 0 Å². The molecule has 0 radical (unpaired) electrons. The van der Waals surface area contributed by atoms with Crippen molar-refractivity contribution in [2.24, 2.45) is 5.41 Å². The summed E-state index contributed by atoms with van der Waals surface area (Å²) in [5, 5.41) is 4.27. The van der Waals surface area contributed by atoms with Gasteiger partial charge in [-0.2, -0.15) is 0 Å². The van der Waals surface area contributed by atoms with Crippen LogP contribution >= 0.6 is 11.6 Å². The molecular weight excluding hydrogens is 270 g/mol. The van der Waals surface area contributed by atoms with Gasteiger partial charge in [-0.25, -0.2) is 0 Å². The van der Waals surface area contributed by atoms with E-state index in [0.29, 0.717) is 5.02 Å². The van der Waals surface area contributed by atoms with Crippen molar-refractivity contribution in [2.45, 2.75) is 53.0 Å². The molecule has 0 saturated heterocycles. The van der Waals surface area contributed by atoms with E-state index in [2.05, 4.69) is 46.0 Å². The van der Waals surface area contributed by atoms with Gasteiger partial charge in [0.25, 0.3) is 0 Å². The quantitative estimate of drug-likeness (QED) is 0.822. The Balaban J connectivity index is 2.55. The van der Waals surface area contributed by atoms with Crippen LogP contribution in [0, 0.1) is 5.41 Å². The third kappa shape index (κ3) is 6.15. The zero-order valence-electron chi connectivity index (χ0n) is 13.6. The van der Waals surface area contributed by atoms with E-state index in [1.165, 1.54) is 5.56 Å². The van der Waals surface area contributed by atoms with Crippen LogP contribution in [0.4, 0.5) is 0 Å². The largest absolute Gasteiger partial charge is 0.495 e. The molecule has 1 N–H and O–H groups in total. The molecule has 1 rings (SSSR count). The Hall–Kier alpha value is -0.730. The van der Waals surface area contributed by atoms with Crippen LogP contribution in [-0.2, 0) is 6.42 Å². The molecule has 1 aromatic rings. The second kappa shape index (κ2) is 6.82. The summed E-state index contributed by atoms with van der Waals surface area (Å²) in [6.07, 6.45) is 2.15. The molecule has 0 amide bonds. The van der Waals surface area contributed by atoms with Gasteiger partial charge in [-0.1, -0.05) is 31.5 Å². The third-order valence-corrected chi connectivity index (χ3v) is 3.70. The first kappa shape index (κ1) is 17.3. The monoisotopic (exact) mass is 297 g/mol. The first-order valence-electron chi connectivity index (χ1n) is 7.20. The molecule has 20 heavy (non-hydrogen) atoms. The molecule has 1 aromatic carbocycles. The number of methoxy groups -OCH3 is 1. The molecule has 114 valence electrons. The van der Waals surface area contributed by atoms with Crippen LogP contribution in [0.1, 0.15) is 46.6 Å². The Labute approximate surface area is 128 Å². The SMILES string of the molecule is COc1ccc(CCC(C)(C)CNC(C)(C)C)cc1Cl. The van der Waals surface area contributed by atoms with E-state index in [0.717, 1.165) is 25.1 Å². The number of hydrogen-bond donors (Lipinski definition) is 1. The molecule has 0 bridgehead atoms. The average molecular weight is 298 g/mol. The van der Waals surface area contributed by atoms with Gasteiger partial charge in [0, 0.05) is 12.1 Å². The van der Waals surface area contributed by atoms with Crippen LogP contribution in [0.5, 0.6) is 5.75 Å². The van der Waals surface area contributed by atoms with E-state index in [1.54, 1.807) is 7.11 Å². The number of hydrogen-bond acceptors (Lipinski definition) is 2. The van der Waals surface area contributed by atoms with Crippen LogP contribution in [-0.4, -0.2) is 19.2 Å². The van der Waals surface area contributed by atoms with Crippen molar-refractivity contribution in [3.8, 4) is 5.75 Å². The summed E-state index contributed by atoms with van der Waals surface area (Å²) in [5.41, 5.74) is 1.69. The molecule has 0 spiro atoms. The average Bonchev–Trinajstić information content (AvgIpc) is 2.34. The van der Waals surface area contributed by atoms with E-state index < -0.39 is 0 Å². The lowest BCUT2D eigenvalue weighted by Gasteiger charge is -2.30. The predicted octanol–water partition coefficient (Wildman–Crippen LogP) is 4.70. The maximum absolute atomic E-state index is 6.16.